The van der Waals surface area contributed by atoms with Crippen LogP contribution in [0.25, 0.3) is 11.4 Å². The molecule has 3 aromatic rings. The average Bonchev–Trinajstić information content (AvgIpc) is 3.49. The number of rotatable bonds is 5. The van der Waals surface area contributed by atoms with Crippen LogP contribution in [0.3, 0.4) is 0 Å². The summed E-state index contributed by atoms with van der Waals surface area (Å²) in [6.07, 6.45) is 3.28. The number of aromatic nitrogens is 2. The summed E-state index contributed by atoms with van der Waals surface area (Å²) in [7, 11) is 0. The second-order valence-electron chi connectivity index (χ2n) is 8.55. The molecule has 1 aromatic heterocycles. The molecule has 2 aliphatic carbocycles. The molecule has 0 radical (unpaired) electrons. The summed E-state index contributed by atoms with van der Waals surface area (Å²) in [5, 5.41) is 8.03. The van der Waals surface area contributed by atoms with E-state index >= 15 is 0 Å². The molecule has 4 atom stereocenters. The molecule has 1 N–H and O–H groups in total. The number of fused-ring (bicyclic) bond motifs is 2. The van der Waals surface area contributed by atoms with Crippen molar-refractivity contribution in [2.24, 2.45) is 17.8 Å². The van der Waals surface area contributed by atoms with Crippen LogP contribution in [0.4, 0.5) is 0 Å². The molecule has 2 saturated carbocycles. The third-order valence-electron chi connectivity index (χ3n) is 6.60. The minimum atomic E-state index is -0.109. The van der Waals surface area contributed by atoms with E-state index in [9.17, 15) is 4.79 Å². The number of nitrogens with zero attached hydrogens (tertiary/aromatic N) is 2. The van der Waals surface area contributed by atoms with Gasteiger partial charge in [-0.25, -0.2) is 0 Å². The largest absolute Gasteiger partial charge is 0.352 e. The number of benzene rings is 2. The molecule has 5 nitrogen and oxygen atoms in total. The highest BCUT2D eigenvalue weighted by molar-refractivity contribution is 6.30. The van der Waals surface area contributed by atoms with Gasteiger partial charge >= 0.3 is 0 Å². The molecule has 1 heterocycles. The fourth-order valence-corrected chi connectivity index (χ4v) is 5.33. The van der Waals surface area contributed by atoms with Crippen molar-refractivity contribution in [2.75, 3.05) is 0 Å². The highest BCUT2D eigenvalue weighted by atomic mass is 35.5. The lowest BCUT2D eigenvalue weighted by molar-refractivity contribution is -0.127. The minimum absolute atomic E-state index is 0.0000250. The predicted octanol–water partition coefficient (Wildman–Crippen LogP) is 5.14. The van der Waals surface area contributed by atoms with Gasteiger partial charge in [0.25, 0.3) is 0 Å². The maximum absolute atomic E-state index is 13.2. The predicted molar refractivity (Wildman–Crippen MR) is 115 cm³/mol. The maximum atomic E-state index is 13.2. The topological polar surface area (TPSA) is 68.0 Å². The normalized spacial score (nSPS) is 24.9. The Kier molecular flexibility index (Phi) is 5.07. The lowest BCUT2D eigenvalue weighted by Gasteiger charge is -2.27. The smallest absolute Gasteiger partial charge is 0.231 e. The zero-order chi connectivity index (χ0) is 20.7. The first kappa shape index (κ1) is 19.3. The Labute approximate surface area is 180 Å². The Bertz CT molecular complexity index is 1060. The van der Waals surface area contributed by atoms with E-state index < -0.39 is 0 Å². The molecule has 0 spiro atoms. The zero-order valence-electron chi connectivity index (χ0n) is 16.8. The highest BCUT2D eigenvalue weighted by Crippen LogP contribution is 2.56. The molecule has 0 unspecified atom stereocenters. The van der Waals surface area contributed by atoms with Crippen LogP contribution in [-0.2, 0) is 11.3 Å². The molecule has 0 saturated heterocycles. The number of carbonyl (C=O) groups excluding carboxylic acids is 1. The maximum Gasteiger partial charge on any atom is 0.231 e. The van der Waals surface area contributed by atoms with E-state index in [2.05, 4.69) is 10.5 Å². The van der Waals surface area contributed by atoms with Crippen LogP contribution in [0, 0.1) is 24.7 Å². The summed E-state index contributed by atoms with van der Waals surface area (Å²) in [6.45, 7) is 2.54. The molecule has 154 valence electrons. The van der Waals surface area contributed by atoms with Crippen LogP contribution < -0.4 is 5.32 Å². The summed E-state index contributed by atoms with van der Waals surface area (Å²) in [6, 6.07) is 15.6. The van der Waals surface area contributed by atoms with E-state index in [-0.39, 0.29) is 17.7 Å². The molecule has 1 amide bonds. The van der Waals surface area contributed by atoms with Crippen molar-refractivity contribution in [3.05, 3.63) is 70.6 Å². The number of amides is 1. The second kappa shape index (κ2) is 7.88. The van der Waals surface area contributed by atoms with Gasteiger partial charge in [0, 0.05) is 17.1 Å². The first-order valence-corrected chi connectivity index (χ1v) is 10.9. The molecule has 2 aliphatic rings. The lowest BCUT2D eigenvalue weighted by Crippen LogP contribution is -2.37. The van der Waals surface area contributed by atoms with Gasteiger partial charge < -0.3 is 9.84 Å². The van der Waals surface area contributed by atoms with Gasteiger partial charge in [0.2, 0.25) is 17.6 Å². The van der Waals surface area contributed by atoms with Crippen molar-refractivity contribution in [2.45, 2.75) is 38.6 Å². The summed E-state index contributed by atoms with van der Waals surface area (Å²) in [5.41, 5.74) is 3.13. The quantitative estimate of drug-likeness (QED) is 0.619. The van der Waals surface area contributed by atoms with Crippen molar-refractivity contribution in [1.82, 2.24) is 15.5 Å². The third-order valence-corrected chi connectivity index (χ3v) is 6.85. The van der Waals surface area contributed by atoms with Crippen LogP contribution in [0.15, 0.2) is 53.1 Å². The monoisotopic (exact) mass is 421 g/mol. The van der Waals surface area contributed by atoms with Gasteiger partial charge in [-0.15, -0.1) is 0 Å². The van der Waals surface area contributed by atoms with E-state index in [4.69, 9.17) is 21.1 Å². The Morgan fingerprint density at radius 3 is 2.77 bits per heavy atom. The van der Waals surface area contributed by atoms with Gasteiger partial charge in [-0.3, -0.25) is 4.79 Å². The molecule has 2 bridgehead atoms. The summed E-state index contributed by atoms with van der Waals surface area (Å²) >= 11 is 5.95. The molecular weight excluding hydrogens is 398 g/mol. The first-order valence-electron chi connectivity index (χ1n) is 10.5. The van der Waals surface area contributed by atoms with Crippen molar-refractivity contribution < 1.29 is 9.32 Å². The molecule has 2 aromatic carbocycles. The van der Waals surface area contributed by atoms with E-state index in [1.165, 1.54) is 0 Å². The summed E-state index contributed by atoms with van der Waals surface area (Å²) in [5.74, 6) is 1.99. The molecule has 0 aliphatic heterocycles. The van der Waals surface area contributed by atoms with Crippen molar-refractivity contribution in [3.8, 4) is 11.4 Å². The Morgan fingerprint density at radius 1 is 1.17 bits per heavy atom. The molecule has 5 rings (SSSR count). The van der Waals surface area contributed by atoms with Crippen LogP contribution in [-0.4, -0.2) is 16.0 Å². The van der Waals surface area contributed by atoms with E-state index in [0.717, 1.165) is 36.0 Å². The third kappa shape index (κ3) is 3.63. The van der Waals surface area contributed by atoms with E-state index in [0.29, 0.717) is 35.1 Å². The molecular formula is C24H24ClN3O2. The number of aryl methyl sites for hydroxylation is 1. The first-order chi connectivity index (χ1) is 14.6. The van der Waals surface area contributed by atoms with E-state index in [1.54, 1.807) is 0 Å². The summed E-state index contributed by atoms with van der Waals surface area (Å²) in [4.78, 5) is 17.9. The number of halogens is 1. The lowest BCUT2D eigenvalue weighted by atomic mass is 9.78. The fourth-order valence-electron chi connectivity index (χ4n) is 5.21. The van der Waals surface area contributed by atoms with Crippen molar-refractivity contribution in [3.63, 3.8) is 0 Å². The van der Waals surface area contributed by atoms with Gasteiger partial charge in [0.1, 0.15) is 0 Å². The number of hydrogen-bond acceptors (Lipinski definition) is 4. The zero-order valence-corrected chi connectivity index (χ0v) is 17.6. The molecule has 2 fully saturated rings. The standard InChI is InChI=1S/C24H24ClN3O2/c1-14-3-2-4-18(11-14)22-27-24(30-28-22)21-17-8-7-16(12-17)20(21)23(29)26-13-15-5-9-19(25)10-6-15/h2-6,9-11,16-17,20-21H,7-8,12-13H2,1H3,(H,26,29)/t16-,17+,20-,21-/m0/s1. The number of nitrogens with one attached hydrogen (secondary N) is 1. The second-order valence-corrected chi connectivity index (χ2v) is 8.99. The van der Waals surface area contributed by atoms with Crippen molar-refractivity contribution >= 4 is 17.5 Å². The molecule has 30 heavy (non-hydrogen) atoms. The van der Waals surface area contributed by atoms with Crippen molar-refractivity contribution in [1.29, 1.82) is 0 Å². The van der Waals surface area contributed by atoms with Crippen LogP contribution >= 0.6 is 11.6 Å². The summed E-state index contributed by atoms with van der Waals surface area (Å²) < 4.78 is 5.70. The van der Waals surface area contributed by atoms with Gasteiger partial charge in [-0.05, 0) is 61.8 Å². The Morgan fingerprint density at radius 2 is 1.97 bits per heavy atom. The fraction of sp³-hybridized carbons (Fsp3) is 0.375. The van der Waals surface area contributed by atoms with Gasteiger partial charge in [0.15, 0.2) is 0 Å². The Balaban J connectivity index is 1.35. The number of carbonyl (C=O) groups is 1. The van der Waals surface area contributed by atoms with E-state index in [1.807, 2.05) is 55.5 Å². The van der Waals surface area contributed by atoms with Gasteiger partial charge in [-0.2, -0.15) is 4.98 Å². The average molecular weight is 422 g/mol. The SMILES string of the molecule is Cc1cccc(-c2noc([C@H]3[C@@H]4CC[C@@H](C4)[C@@H]3C(=O)NCc3ccc(Cl)cc3)n2)c1. The van der Waals surface area contributed by atoms with Crippen LogP contribution in [0.5, 0.6) is 0 Å². The number of hydrogen-bond donors (Lipinski definition) is 1. The van der Waals surface area contributed by atoms with Gasteiger partial charge in [0.05, 0.1) is 11.8 Å². The van der Waals surface area contributed by atoms with Crippen LogP contribution in [0.1, 0.15) is 42.2 Å². The molecule has 6 heteroatoms. The van der Waals surface area contributed by atoms with Crippen LogP contribution in [0.2, 0.25) is 5.02 Å². The van der Waals surface area contributed by atoms with Gasteiger partial charge in [-0.1, -0.05) is 52.7 Å². The Hall–Kier alpha value is -2.66. The highest BCUT2D eigenvalue weighted by Gasteiger charge is 2.53. The minimum Gasteiger partial charge on any atom is -0.352 e.